The summed E-state index contributed by atoms with van der Waals surface area (Å²) in [6.07, 6.45) is 0.731. The van der Waals surface area contributed by atoms with E-state index < -0.39 is 12.1 Å². The van der Waals surface area contributed by atoms with Crippen LogP contribution in [0.5, 0.6) is 17.2 Å². The molecule has 4 rings (SSSR count). The molecule has 1 unspecified atom stereocenters. The molecular formula is C26H22O6. The van der Waals surface area contributed by atoms with E-state index in [0.29, 0.717) is 28.4 Å². The molecule has 0 aromatic heterocycles. The zero-order chi connectivity index (χ0) is 22.5. The van der Waals surface area contributed by atoms with E-state index in [9.17, 15) is 9.59 Å². The van der Waals surface area contributed by atoms with Crippen molar-refractivity contribution < 1.29 is 28.5 Å². The standard InChI is InChI=1S/C26H22O6/c1-3-30-26(28)25(18-9-5-4-6-10-18)31-20-12-13-21-22(16-20)32-23(24(21)27)15-17-8-7-11-19(14-17)29-2/h4-16,25H,3H2,1-2H3. The number of methoxy groups -OCH3 is 1. The first-order chi connectivity index (χ1) is 15.6. The number of carbonyl (C=O) groups is 2. The van der Waals surface area contributed by atoms with E-state index in [1.165, 1.54) is 0 Å². The monoisotopic (exact) mass is 430 g/mol. The smallest absolute Gasteiger partial charge is 0.352 e. The minimum Gasteiger partial charge on any atom is -0.497 e. The number of hydrogen-bond acceptors (Lipinski definition) is 6. The molecule has 0 radical (unpaired) electrons. The van der Waals surface area contributed by atoms with Crippen molar-refractivity contribution in [3.63, 3.8) is 0 Å². The molecule has 1 heterocycles. The van der Waals surface area contributed by atoms with Crippen LogP contribution in [0.3, 0.4) is 0 Å². The maximum Gasteiger partial charge on any atom is 0.352 e. The van der Waals surface area contributed by atoms with Gasteiger partial charge in [0.25, 0.3) is 0 Å². The number of esters is 1. The number of ether oxygens (including phenoxy) is 4. The summed E-state index contributed by atoms with van der Waals surface area (Å²) < 4.78 is 22.2. The largest absolute Gasteiger partial charge is 0.497 e. The quantitative estimate of drug-likeness (QED) is 0.388. The summed E-state index contributed by atoms with van der Waals surface area (Å²) in [6.45, 7) is 1.98. The molecule has 3 aromatic rings. The van der Waals surface area contributed by atoms with Crippen LogP contribution in [0.1, 0.15) is 34.5 Å². The van der Waals surface area contributed by atoms with E-state index in [1.54, 1.807) is 50.4 Å². The third-order valence-corrected chi connectivity index (χ3v) is 4.89. The highest BCUT2D eigenvalue weighted by atomic mass is 16.6. The summed E-state index contributed by atoms with van der Waals surface area (Å²) in [7, 11) is 1.58. The van der Waals surface area contributed by atoms with Crippen molar-refractivity contribution in [1.29, 1.82) is 0 Å². The first kappa shape index (κ1) is 21.2. The lowest BCUT2D eigenvalue weighted by atomic mass is 10.1. The molecule has 162 valence electrons. The van der Waals surface area contributed by atoms with E-state index in [-0.39, 0.29) is 18.1 Å². The molecule has 1 aliphatic heterocycles. The summed E-state index contributed by atoms with van der Waals surface area (Å²) in [4.78, 5) is 25.3. The lowest BCUT2D eigenvalue weighted by molar-refractivity contribution is -0.151. The van der Waals surface area contributed by atoms with Gasteiger partial charge in [0.1, 0.15) is 17.2 Å². The van der Waals surface area contributed by atoms with Crippen LogP contribution in [0.2, 0.25) is 0 Å². The summed E-state index contributed by atoms with van der Waals surface area (Å²) in [5.41, 5.74) is 1.88. The van der Waals surface area contributed by atoms with E-state index >= 15 is 0 Å². The van der Waals surface area contributed by atoms with Crippen LogP contribution < -0.4 is 14.2 Å². The Balaban J connectivity index is 1.58. The van der Waals surface area contributed by atoms with Gasteiger partial charge in [0.2, 0.25) is 11.9 Å². The fraction of sp³-hybridized carbons (Fsp3) is 0.154. The molecule has 1 atom stereocenters. The molecule has 0 aliphatic carbocycles. The van der Waals surface area contributed by atoms with Gasteiger partial charge >= 0.3 is 5.97 Å². The van der Waals surface area contributed by atoms with Gasteiger partial charge in [-0.25, -0.2) is 4.79 Å². The molecule has 6 heteroatoms. The minimum atomic E-state index is -0.932. The van der Waals surface area contributed by atoms with E-state index in [2.05, 4.69) is 0 Å². The summed E-state index contributed by atoms with van der Waals surface area (Å²) >= 11 is 0. The molecule has 0 spiro atoms. The molecule has 0 fully saturated rings. The summed E-state index contributed by atoms with van der Waals surface area (Å²) in [6, 6.07) is 21.3. The Labute approximate surface area is 186 Å². The van der Waals surface area contributed by atoms with Gasteiger partial charge in [-0.3, -0.25) is 4.79 Å². The molecule has 3 aromatic carbocycles. The van der Waals surface area contributed by atoms with Crippen LogP contribution >= 0.6 is 0 Å². The average Bonchev–Trinajstić information content (AvgIpc) is 3.12. The molecular weight excluding hydrogens is 408 g/mol. The molecule has 0 saturated carbocycles. The average molecular weight is 430 g/mol. The Kier molecular flexibility index (Phi) is 6.22. The predicted molar refractivity (Wildman–Crippen MR) is 119 cm³/mol. The topological polar surface area (TPSA) is 71.1 Å². The van der Waals surface area contributed by atoms with Crippen LogP contribution in [0.15, 0.2) is 78.6 Å². The van der Waals surface area contributed by atoms with E-state index in [0.717, 1.165) is 5.56 Å². The highest BCUT2D eigenvalue weighted by Gasteiger charge is 2.29. The third kappa shape index (κ3) is 4.49. The highest BCUT2D eigenvalue weighted by Crippen LogP contribution is 2.36. The maximum atomic E-state index is 12.8. The zero-order valence-electron chi connectivity index (χ0n) is 17.7. The Morgan fingerprint density at radius 1 is 1.00 bits per heavy atom. The van der Waals surface area contributed by atoms with E-state index in [1.807, 2.05) is 42.5 Å². The summed E-state index contributed by atoms with van der Waals surface area (Å²) in [5.74, 6) is 0.937. The number of fused-ring (bicyclic) bond motifs is 1. The highest BCUT2D eigenvalue weighted by molar-refractivity contribution is 6.14. The fourth-order valence-electron chi connectivity index (χ4n) is 3.36. The van der Waals surface area contributed by atoms with Crippen molar-refractivity contribution >= 4 is 17.8 Å². The zero-order valence-corrected chi connectivity index (χ0v) is 17.7. The van der Waals surface area contributed by atoms with Crippen molar-refractivity contribution in [2.24, 2.45) is 0 Å². The van der Waals surface area contributed by atoms with Gasteiger partial charge in [-0.1, -0.05) is 42.5 Å². The number of benzene rings is 3. The Hall–Kier alpha value is -4.06. The summed E-state index contributed by atoms with van der Waals surface area (Å²) in [5, 5.41) is 0. The number of rotatable bonds is 7. The Bertz CT molecular complexity index is 1170. The lowest BCUT2D eigenvalue weighted by Gasteiger charge is -2.18. The van der Waals surface area contributed by atoms with Crippen LogP contribution in [0, 0.1) is 0 Å². The number of ketones is 1. The molecule has 0 bridgehead atoms. The predicted octanol–water partition coefficient (Wildman–Crippen LogP) is 4.99. The van der Waals surface area contributed by atoms with Crippen molar-refractivity contribution in [2.75, 3.05) is 13.7 Å². The second-order valence-electron chi connectivity index (χ2n) is 7.03. The number of Topliss-reactive ketones (excluding diaryl/α,β-unsaturated/α-hetero) is 1. The third-order valence-electron chi connectivity index (χ3n) is 4.89. The Morgan fingerprint density at radius 3 is 2.56 bits per heavy atom. The lowest BCUT2D eigenvalue weighted by Crippen LogP contribution is -2.21. The molecule has 0 N–H and O–H groups in total. The fourth-order valence-corrected chi connectivity index (χ4v) is 3.36. The van der Waals surface area contributed by atoms with Crippen molar-refractivity contribution in [1.82, 2.24) is 0 Å². The van der Waals surface area contributed by atoms with Crippen LogP contribution in [-0.2, 0) is 9.53 Å². The molecule has 6 nitrogen and oxygen atoms in total. The molecule has 1 aliphatic rings. The first-order valence-electron chi connectivity index (χ1n) is 10.2. The normalized spacial score (nSPS) is 14.4. The minimum absolute atomic E-state index is 0.204. The van der Waals surface area contributed by atoms with Crippen LogP contribution in [0.25, 0.3) is 6.08 Å². The SMILES string of the molecule is CCOC(=O)C(Oc1ccc2c(c1)OC(=Cc1cccc(OC)c1)C2=O)c1ccccc1. The van der Waals surface area contributed by atoms with E-state index in [4.69, 9.17) is 18.9 Å². The van der Waals surface area contributed by atoms with Crippen LogP contribution in [-0.4, -0.2) is 25.5 Å². The number of carbonyl (C=O) groups excluding carboxylic acids is 2. The van der Waals surface area contributed by atoms with Crippen LogP contribution in [0.4, 0.5) is 0 Å². The molecule has 0 saturated heterocycles. The van der Waals surface area contributed by atoms with Gasteiger partial charge in [0.15, 0.2) is 5.76 Å². The second-order valence-corrected chi connectivity index (χ2v) is 7.03. The molecule has 32 heavy (non-hydrogen) atoms. The van der Waals surface area contributed by atoms with Gasteiger partial charge in [-0.05, 0) is 42.8 Å². The van der Waals surface area contributed by atoms with Gasteiger partial charge in [-0.15, -0.1) is 0 Å². The number of hydrogen-bond donors (Lipinski definition) is 0. The van der Waals surface area contributed by atoms with Gasteiger partial charge in [0, 0.05) is 11.6 Å². The maximum absolute atomic E-state index is 12.8. The molecule has 0 amide bonds. The van der Waals surface area contributed by atoms with Crippen molar-refractivity contribution in [2.45, 2.75) is 13.0 Å². The van der Waals surface area contributed by atoms with Gasteiger partial charge in [-0.2, -0.15) is 0 Å². The van der Waals surface area contributed by atoms with Gasteiger partial charge in [0.05, 0.1) is 19.3 Å². The Morgan fingerprint density at radius 2 is 1.81 bits per heavy atom. The van der Waals surface area contributed by atoms with Gasteiger partial charge < -0.3 is 18.9 Å². The van der Waals surface area contributed by atoms with Crippen molar-refractivity contribution in [3.8, 4) is 17.2 Å². The second kappa shape index (κ2) is 9.39. The number of allylic oxidation sites excluding steroid dienone is 1. The first-order valence-corrected chi connectivity index (χ1v) is 10.2. The van der Waals surface area contributed by atoms with Crippen molar-refractivity contribution in [3.05, 3.63) is 95.2 Å².